The van der Waals surface area contributed by atoms with Crippen molar-refractivity contribution in [2.24, 2.45) is 0 Å². The molecule has 3 amide bonds. The van der Waals surface area contributed by atoms with E-state index in [4.69, 9.17) is 0 Å². The van der Waals surface area contributed by atoms with Gasteiger partial charge in [-0.05, 0) is 18.2 Å². The summed E-state index contributed by atoms with van der Waals surface area (Å²) in [6.45, 7) is 2.65. The molecule has 0 bridgehead atoms. The molecule has 0 radical (unpaired) electrons. The minimum atomic E-state index is -0.358. The number of aromatic nitrogens is 1. The van der Waals surface area contributed by atoms with Gasteiger partial charge in [-0.25, -0.2) is 4.98 Å². The smallest absolute Gasteiger partial charge is 0.261 e. The van der Waals surface area contributed by atoms with Crippen LogP contribution in [-0.4, -0.2) is 65.7 Å². The van der Waals surface area contributed by atoms with Crippen molar-refractivity contribution in [1.29, 1.82) is 0 Å². The van der Waals surface area contributed by atoms with Gasteiger partial charge in [0.05, 0.1) is 11.1 Å². The number of hydrogen-bond acceptors (Lipinski definition) is 6. The summed E-state index contributed by atoms with van der Waals surface area (Å²) in [5.74, 6) is -0.796. The van der Waals surface area contributed by atoms with E-state index in [1.165, 1.54) is 13.1 Å². The van der Waals surface area contributed by atoms with Gasteiger partial charge in [0.25, 0.3) is 17.7 Å². The quantitative estimate of drug-likeness (QED) is 0.759. The summed E-state index contributed by atoms with van der Waals surface area (Å²) in [6, 6.07) is 4.73. The van der Waals surface area contributed by atoms with Crippen LogP contribution in [0.4, 0.5) is 5.13 Å². The third kappa shape index (κ3) is 2.58. The number of anilines is 1. The number of nitrogens with zero attached hydrogens (tertiary/aromatic N) is 4. The average molecular weight is 356 g/mol. The molecular weight excluding hydrogens is 340 g/mol. The molecule has 8 heteroatoms. The van der Waals surface area contributed by atoms with Gasteiger partial charge in [0, 0.05) is 50.4 Å². The van der Waals surface area contributed by atoms with Crippen molar-refractivity contribution < 1.29 is 14.4 Å². The highest BCUT2D eigenvalue weighted by atomic mass is 32.1. The fourth-order valence-corrected chi connectivity index (χ4v) is 3.85. The minimum absolute atomic E-state index is 0.114. The zero-order valence-corrected chi connectivity index (χ0v) is 14.5. The van der Waals surface area contributed by atoms with Crippen LogP contribution in [0.1, 0.15) is 31.1 Å². The number of carbonyl (C=O) groups excluding carboxylic acids is 3. The van der Waals surface area contributed by atoms with Crippen molar-refractivity contribution in [3.05, 3.63) is 46.5 Å². The van der Waals surface area contributed by atoms with Gasteiger partial charge >= 0.3 is 0 Å². The number of rotatable bonds is 2. The maximum atomic E-state index is 12.7. The number of piperazine rings is 1. The molecule has 0 unspecified atom stereocenters. The number of amides is 3. The summed E-state index contributed by atoms with van der Waals surface area (Å²) in [6.07, 6.45) is 1.78. The van der Waals surface area contributed by atoms with Gasteiger partial charge in [0.2, 0.25) is 0 Å². The molecule has 0 spiro atoms. The monoisotopic (exact) mass is 356 g/mol. The Morgan fingerprint density at radius 3 is 2.48 bits per heavy atom. The molecule has 2 aliphatic rings. The number of benzene rings is 1. The molecule has 1 fully saturated rings. The molecule has 3 heterocycles. The normalized spacial score (nSPS) is 17.2. The second kappa shape index (κ2) is 5.96. The Morgan fingerprint density at radius 1 is 1.08 bits per heavy atom. The predicted molar refractivity (Wildman–Crippen MR) is 93.1 cm³/mol. The van der Waals surface area contributed by atoms with E-state index in [1.54, 1.807) is 34.6 Å². The van der Waals surface area contributed by atoms with Crippen molar-refractivity contribution in [3.8, 4) is 0 Å². The van der Waals surface area contributed by atoms with Gasteiger partial charge in [0.15, 0.2) is 5.13 Å². The highest BCUT2D eigenvalue weighted by molar-refractivity contribution is 7.13. The third-order valence-electron chi connectivity index (χ3n) is 4.59. The van der Waals surface area contributed by atoms with Crippen molar-refractivity contribution in [2.75, 3.05) is 38.1 Å². The van der Waals surface area contributed by atoms with E-state index in [0.717, 1.165) is 23.1 Å². The highest BCUT2D eigenvalue weighted by Crippen LogP contribution is 2.24. The van der Waals surface area contributed by atoms with Gasteiger partial charge in [-0.3, -0.25) is 19.3 Å². The zero-order valence-electron chi connectivity index (χ0n) is 13.6. The third-order valence-corrected chi connectivity index (χ3v) is 5.43. The van der Waals surface area contributed by atoms with Crippen molar-refractivity contribution in [1.82, 2.24) is 14.8 Å². The molecule has 0 atom stereocenters. The highest BCUT2D eigenvalue weighted by Gasteiger charge is 2.34. The maximum absolute atomic E-state index is 12.7. The van der Waals surface area contributed by atoms with E-state index in [2.05, 4.69) is 9.88 Å². The maximum Gasteiger partial charge on any atom is 0.261 e. The summed E-state index contributed by atoms with van der Waals surface area (Å²) >= 11 is 1.59. The van der Waals surface area contributed by atoms with Crippen LogP contribution in [0.5, 0.6) is 0 Å². The van der Waals surface area contributed by atoms with E-state index < -0.39 is 0 Å². The van der Waals surface area contributed by atoms with Gasteiger partial charge in [-0.15, -0.1) is 11.3 Å². The first-order valence-electron chi connectivity index (χ1n) is 7.96. The summed E-state index contributed by atoms with van der Waals surface area (Å²) in [5.41, 5.74) is 1.11. The van der Waals surface area contributed by atoms with E-state index in [1.807, 2.05) is 5.38 Å². The first kappa shape index (κ1) is 15.8. The van der Waals surface area contributed by atoms with Crippen LogP contribution in [0, 0.1) is 0 Å². The molecule has 4 rings (SSSR count). The first-order chi connectivity index (χ1) is 12.1. The Hall–Kier alpha value is -2.74. The minimum Gasteiger partial charge on any atom is -0.345 e. The van der Waals surface area contributed by atoms with Crippen molar-refractivity contribution >= 4 is 34.2 Å². The summed E-state index contributed by atoms with van der Waals surface area (Å²) in [5, 5.41) is 2.91. The Morgan fingerprint density at radius 2 is 1.80 bits per heavy atom. The van der Waals surface area contributed by atoms with Crippen LogP contribution in [0.15, 0.2) is 29.8 Å². The van der Waals surface area contributed by atoms with Crippen LogP contribution >= 0.6 is 11.3 Å². The van der Waals surface area contributed by atoms with Gasteiger partial charge in [-0.1, -0.05) is 0 Å². The van der Waals surface area contributed by atoms with E-state index >= 15 is 0 Å². The molecule has 25 heavy (non-hydrogen) atoms. The molecule has 2 aromatic rings. The van der Waals surface area contributed by atoms with Crippen LogP contribution in [-0.2, 0) is 0 Å². The van der Waals surface area contributed by atoms with Gasteiger partial charge < -0.3 is 9.80 Å². The topological polar surface area (TPSA) is 73.8 Å². The van der Waals surface area contributed by atoms with Gasteiger partial charge in [-0.2, -0.15) is 0 Å². The number of hydrogen-bond donors (Lipinski definition) is 0. The average Bonchev–Trinajstić information content (AvgIpc) is 3.26. The van der Waals surface area contributed by atoms with E-state index in [0.29, 0.717) is 29.8 Å². The largest absolute Gasteiger partial charge is 0.345 e. The number of carbonyl (C=O) groups is 3. The first-order valence-corrected chi connectivity index (χ1v) is 8.84. The van der Waals surface area contributed by atoms with E-state index in [9.17, 15) is 14.4 Å². The fourth-order valence-electron chi connectivity index (χ4n) is 3.15. The lowest BCUT2D eigenvalue weighted by atomic mass is 10.0. The summed E-state index contributed by atoms with van der Waals surface area (Å²) in [7, 11) is 1.45. The van der Waals surface area contributed by atoms with Crippen LogP contribution < -0.4 is 4.90 Å². The Kier molecular flexibility index (Phi) is 3.76. The number of fused-ring (bicyclic) bond motifs is 1. The Bertz CT molecular complexity index is 857. The zero-order chi connectivity index (χ0) is 17.6. The van der Waals surface area contributed by atoms with Crippen LogP contribution in [0.3, 0.4) is 0 Å². The molecule has 0 saturated carbocycles. The van der Waals surface area contributed by atoms with Gasteiger partial charge in [0.1, 0.15) is 0 Å². The lowest BCUT2D eigenvalue weighted by molar-refractivity contribution is 0.0692. The molecule has 1 saturated heterocycles. The lowest BCUT2D eigenvalue weighted by Crippen LogP contribution is -2.48. The summed E-state index contributed by atoms with van der Waals surface area (Å²) in [4.78, 5) is 46.1. The van der Waals surface area contributed by atoms with Crippen molar-refractivity contribution in [2.45, 2.75) is 0 Å². The molecule has 0 aliphatic carbocycles. The SMILES string of the molecule is CN1C(=O)c2ccc(C(=O)N3CCN(c4nccs4)CC3)cc2C1=O. The molecule has 0 N–H and O–H groups in total. The second-order valence-corrected chi connectivity index (χ2v) is 6.90. The molecule has 128 valence electrons. The molecule has 7 nitrogen and oxygen atoms in total. The molecule has 1 aromatic heterocycles. The standard InChI is InChI=1S/C17H16N4O3S/c1-19-15(23)12-3-2-11(10-13(12)16(19)24)14(22)20-5-7-21(8-6-20)17-18-4-9-25-17/h2-4,9-10H,5-8H2,1H3. The number of imide groups is 1. The molecule has 2 aliphatic heterocycles. The summed E-state index contributed by atoms with van der Waals surface area (Å²) < 4.78 is 0. The molecular formula is C17H16N4O3S. The van der Waals surface area contributed by atoms with Crippen LogP contribution in [0.2, 0.25) is 0 Å². The predicted octanol–water partition coefficient (Wildman–Crippen LogP) is 1.33. The second-order valence-electron chi connectivity index (χ2n) is 6.02. The Labute approximate surface area is 148 Å². The van der Waals surface area contributed by atoms with Crippen LogP contribution in [0.25, 0.3) is 0 Å². The molecule has 1 aromatic carbocycles. The van der Waals surface area contributed by atoms with E-state index in [-0.39, 0.29) is 17.7 Å². The Balaban J connectivity index is 1.49. The number of thiazole rings is 1. The lowest BCUT2D eigenvalue weighted by Gasteiger charge is -2.34. The fraction of sp³-hybridized carbons (Fsp3) is 0.294. The van der Waals surface area contributed by atoms with Crippen molar-refractivity contribution in [3.63, 3.8) is 0 Å².